The Morgan fingerprint density at radius 1 is 1.26 bits per heavy atom. The molecule has 5 heteroatoms. The summed E-state index contributed by atoms with van der Waals surface area (Å²) in [6.07, 6.45) is 5.24. The van der Waals surface area contributed by atoms with Crippen molar-refractivity contribution in [3.05, 3.63) is 53.1 Å². The molecule has 5 nitrogen and oxygen atoms in total. The molecule has 2 aromatic rings. The minimum Gasteiger partial charge on any atom is -0.493 e. The van der Waals surface area contributed by atoms with Crippen molar-refractivity contribution in [2.45, 2.75) is 32.8 Å². The maximum atomic E-state index is 12.4. The fourth-order valence-electron chi connectivity index (χ4n) is 3.47. The quantitative estimate of drug-likeness (QED) is 0.814. The minimum atomic E-state index is -0.210. The Labute approximate surface area is 158 Å². The highest BCUT2D eigenvalue weighted by molar-refractivity contribution is 6.03. The van der Waals surface area contributed by atoms with Gasteiger partial charge in [-0.1, -0.05) is 6.07 Å². The van der Waals surface area contributed by atoms with Crippen molar-refractivity contribution in [1.82, 2.24) is 0 Å². The summed E-state index contributed by atoms with van der Waals surface area (Å²) in [6.45, 7) is 5.21. The monoisotopic (exact) mass is 365 g/mol. The molecule has 2 heterocycles. The molecule has 2 aliphatic rings. The highest BCUT2D eigenvalue weighted by Crippen LogP contribution is 2.38. The summed E-state index contributed by atoms with van der Waals surface area (Å²) in [5.41, 5.74) is 3.90. The number of hydrogen-bond donors (Lipinski definition) is 1. The first-order valence-electron chi connectivity index (χ1n) is 9.33. The van der Waals surface area contributed by atoms with Crippen LogP contribution in [0.2, 0.25) is 0 Å². The molecular formula is C22H23NO4. The molecule has 0 radical (unpaired) electrons. The van der Waals surface area contributed by atoms with E-state index in [9.17, 15) is 4.79 Å². The summed E-state index contributed by atoms with van der Waals surface area (Å²) in [7, 11) is 0. The number of benzene rings is 2. The van der Waals surface area contributed by atoms with Gasteiger partial charge in [0, 0.05) is 30.5 Å². The number of amides is 1. The zero-order chi connectivity index (χ0) is 18.8. The van der Waals surface area contributed by atoms with E-state index >= 15 is 0 Å². The second-order valence-electron chi connectivity index (χ2n) is 6.81. The molecule has 2 aromatic carbocycles. The van der Waals surface area contributed by atoms with Crippen molar-refractivity contribution in [3.8, 4) is 17.2 Å². The molecule has 140 valence electrons. The zero-order valence-electron chi connectivity index (χ0n) is 15.6. The smallest absolute Gasteiger partial charge is 0.248 e. The average molecular weight is 365 g/mol. The third-order valence-corrected chi connectivity index (χ3v) is 4.70. The van der Waals surface area contributed by atoms with Crippen molar-refractivity contribution in [2.75, 3.05) is 18.5 Å². The van der Waals surface area contributed by atoms with Gasteiger partial charge in [0.2, 0.25) is 5.91 Å². The second kappa shape index (κ2) is 7.35. The minimum absolute atomic E-state index is 0.143. The maximum absolute atomic E-state index is 12.4. The molecule has 0 saturated carbocycles. The summed E-state index contributed by atoms with van der Waals surface area (Å²) in [6, 6.07) is 9.77. The van der Waals surface area contributed by atoms with Gasteiger partial charge >= 0.3 is 0 Å². The van der Waals surface area contributed by atoms with Crippen LogP contribution >= 0.6 is 0 Å². The molecule has 0 spiro atoms. The molecule has 1 unspecified atom stereocenters. The van der Waals surface area contributed by atoms with Crippen LogP contribution in [0.25, 0.3) is 6.08 Å². The number of nitrogens with one attached hydrogen (secondary N) is 1. The van der Waals surface area contributed by atoms with Gasteiger partial charge in [-0.15, -0.1) is 0 Å². The Balaban J connectivity index is 1.50. The van der Waals surface area contributed by atoms with Crippen LogP contribution in [0.3, 0.4) is 0 Å². The third-order valence-electron chi connectivity index (χ3n) is 4.70. The maximum Gasteiger partial charge on any atom is 0.248 e. The molecule has 0 bridgehead atoms. The number of fused-ring (bicyclic) bond motifs is 2. The van der Waals surface area contributed by atoms with Crippen LogP contribution in [0.15, 0.2) is 36.4 Å². The van der Waals surface area contributed by atoms with Gasteiger partial charge in [0.1, 0.15) is 23.4 Å². The van der Waals surface area contributed by atoms with Crippen molar-refractivity contribution < 1.29 is 19.0 Å². The van der Waals surface area contributed by atoms with Gasteiger partial charge in [-0.05, 0) is 49.2 Å². The van der Waals surface area contributed by atoms with Gasteiger partial charge in [0.25, 0.3) is 0 Å². The lowest BCUT2D eigenvalue weighted by Crippen LogP contribution is -2.10. The molecule has 2 aliphatic heterocycles. The number of anilines is 1. The van der Waals surface area contributed by atoms with Crippen molar-refractivity contribution in [1.29, 1.82) is 0 Å². The number of hydrogen-bond acceptors (Lipinski definition) is 4. The topological polar surface area (TPSA) is 56.8 Å². The number of carbonyl (C=O) groups is 1. The van der Waals surface area contributed by atoms with E-state index in [0.717, 1.165) is 42.1 Å². The lowest BCUT2D eigenvalue weighted by atomic mass is 10.1. The van der Waals surface area contributed by atoms with Gasteiger partial charge in [-0.25, -0.2) is 0 Å². The molecular weight excluding hydrogens is 342 g/mol. The lowest BCUT2D eigenvalue weighted by Gasteiger charge is -2.12. The molecule has 1 atom stereocenters. The summed E-state index contributed by atoms with van der Waals surface area (Å²) < 4.78 is 17.0. The van der Waals surface area contributed by atoms with E-state index in [1.807, 2.05) is 38.1 Å². The fraction of sp³-hybridized carbons (Fsp3) is 0.318. The van der Waals surface area contributed by atoms with E-state index in [4.69, 9.17) is 14.2 Å². The van der Waals surface area contributed by atoms with Gasteiger partial charge in [-0.2, -0.15) is 0 Å². The molecule has 0 aromatic heterocycles. The molecule has 1 amide bonds. The Morgan fingerprint density at radius 2 is 2.15 bits per heavy atom. The molecule has 4 rings (SSSR count). The van der Waals surface area contributed by atoms with Gasteiger partial charge in [0.15, 0.2) is 0 Å². The van der Waals surface area contributed by atoms with Crippen LogP contribution in [0.1, 0.15) is 30.5 Å². The number of rotatable bonds is 5. The van der Waals surface area contributed by atoms with Gasteiger partial charge in [-0.3, -0.25) is 4.79 Å². The van der Waals surface area contributed by atoms with Crippen molar-refractivity contribution in [3.63, 3.8) is 0 Å². The third kappa shape index (κ3) is 3.77. The number of carbonyl (C=O) groups excluding carboxylic acids is 1. The average Bonchev–Trinajstić information content (AvgIpc) is 3.25. The van der Waals surface area contributed by atoms with Crippen LogP contribution in [-0.4, -0.2) is 25.2 Å². The van der Waals surface area contributed by atoms with Crippen molar-refractivity contribution >= 4 is 17.7 Å². The Hall–Kier alpha value is -2.95. The van der Waals surface area contributed by atoms with Gasteiger partial charge in [0.05, 0.1) is 18.9 Å². The van der Waals surface area contributed by atoms with Crippen LogP contribution in [0.4, 0.5) is 5.69 Å². The molecule has 0 aliphatic carbocycles. The first-order valence-corrected chi connectivity index (χ1v) is 9.33. The largest absolute Gasteiger partial charge is 0.493 e. The van der Waals surface area contributed by atoms with Crippen molar-refractivity contribution in [2.24, 2.45) is 0 Å². The summed E-state index contributed by atoms with van der Waals surface area (Å²) in [4.78, 5) is 12.4. The van der Waals surface area contributed by atoms with E-state index in [-0.39, 0.29) is 12.0 Å². The Kier molecular flexibility index (Phi) is 4.75. The predicted octanol–water partition coefficient (Wildman–Crippen LogP) is 4.00. The molecule has 0 fully saturated rings. The summed E-state index contributed by atoms with van der Waals surface area (Å²) in [5, 5.41) is 2.91. The van der Waals surface area contributed by atoms with Crippen LogP contribution in [-0.2, 0) is 17.6 Å². The first kappa shape index (κ1) is 17.5. The number of ether oxygens (including phenoxy) is 3. The normalized spacial score (nSPS) is 17.2. The molecule has 0 saturated heterocycles. The zero-order valence-corrected chi connectivity index (χ0v) is 15.6. The lowest BCUT2D eigenvalue weighted by molar-refractivity contribution is -0.111. The standard InChI is InChI=1S/C22H23NO4/c1-3-25-21-12-17-10-14(2)27-20(17)13-18(21)23-22(24)7-5-15-4-6-19-16(11-15)8-9-26-19/h4-7,11-14H,3,8-10H2,1-2H3,(H,23,24)/b7-5+. The van der Waals surface area contributed by atoms with Crippen LogP contribution < -0.4 is 19.5 Å². The Morgan fingerprint density at radius 3 is 3.00 bits per heavy atom. The second-order valence-corrected chi connectivity index (χ2v) is 6.81. The van der Waals surface area contributed by atoms with Crippen LogP contribution in [0, 0.1) is 0 Å². The fourth-order valence-corrected chi connectivity index (χ4v) is 3.47. The van der Waals surface area contributed by atoms with E-state index in [1.165, 1.54) is 11.6 Å². The van der Waals surface area contributed by atoms with E-state index in [0.29, 0.717) is 18.0 Å². The van der Waals surface area contributed by atoms with Gasteiger partial charge < -0.3 is 19.5 Å². The molecule has 27 heavy (non-hydrogen) atoms. The highest BCUT2D eigenvalue weighted by atomic mass is 16.5. The summed E-state index contributed by atoms with van der Waals surface area (Å²) in [5.74, 6) is 2.21. The van der Waals surface area contributed by atoms with E-state index in [1.54, 1.807) is 6.08 Å². The SMILES string of the molecule is CCOc1cc2c(cc1NC(=O)/C=C/c1ccc3c(c1)CCO3)OC(C)C2. The first-order chi connectivity index (χ1) is 13.1. The highest BCUT2D eigenvalue weighted by Gasteiger charge is 2.22. The van der Waals surface area contributed by atoms with E-state index in [2.05, 4.69) is 11.4 Å². The van der Waals surface area contributed by atoms with E-state index < -0.39 is 0 Å². The Bertz CT molecular complexity index is 903. The van der Waals surface area contributed by atoms with Crippen LogP contribution in [0.5, 0.6) is 17.2 Å². The molecule has 1 N–H and O–H groups in total. The predicted molar refractivity (Wildman–Crippen MR) is 105 cm³/mol. The summed E-state index contributed by atoms with van der Waals surface area (Å²) >= 11 is 0.